The zero-order valence-corrected chi connectivity index (χ0v) is 14.4. The molecule has 0 bridgehead atoms. The summed E-state index contributed by atoms with van der Waals surface area (Å²) in [6, 6.07) is 7.22. The number of anilines is 1. The van der Waals surface area contributed by atoms with E-state index in [1.807, 2.05) is 12.1 Å². The second kappa shape index (κ2) is 6.40. The molecule has 0 fully saturated rings. The quantitative estimate of drug-likeness (QED) is 0.882. The fourth-order valence-electron chi connectivity index (χ4n) is 3.26. The molecule has 2 amide bonds. The number of primary amides is 1. The number of rotatable bonds is 3. The monoisotopic (exact) mass is 358 g/mol. The zero-order valence-electron chi connectivity index (χ0n) is 13.5. The smallest absolute Gasteiger partial charge is 0.269 e. The lowest BCUT2D eigenvalue weighted by Crippen LogP contribution is -2.40. The lowest BCUT2D eigenvalue weighted by atomic mass is 9.95. The molecule has 3 N–H and O–H groups in total. The highest BCUT2D eigenvalue weighted by atomic mass is 32.1. The molecule has 0 spiro atoms. The van der Waals surface area contributed by atoms with Gasteiger partial charge in [0.1, 0.15) is 11.6 Å². The van der Waals surface area contributed by atoms with Crippen molar-refractivity contribution in [3.8, 4) is 11.5 Å². The van der Waals surface area contributed by atoms with E-state index in [2.05, 4.69) is 5.32 Å². The average Bonchev–Trinajstić information content (AvgIpc) is 2.99. The van der Waals surface area contributed by atoms with Crippen LogP contribution in [0.1, 0.15) is 33.6 Å². The summed E-state index contributed by atoms with van der Waals surface area (Å²) >= 11 is 1.44. The highest BCUT2D eigenvalue weighted by Gasteiger charge is 2.30. The molecule has 6 nitrogen and oxygen atoms in total. The highest BCUT2D eigenvalue weighted by Crippen LogP contribution is 2.38. The van der Waals surface area contributed by atoms with Crippen LogP contribution in [0.2, 0.25) is 0 Å². The molecule has 130 valence electrons. The molecule has 2 aliphatic rings. The summed E-state index contributed by atoms with van der Waals surface area (Å²) in [5.74, 6) is 0.321. The number of aryl methyl sites for hydroxylation is 1. The van der Waals surface area contributed by atoms with E-state index in [0.717, 1.165) is 36.1 Å². The molecule has 1 aromatic carbocycles. The molecule has 7 heteroatoms. The maximum Gasteiger partial charge on any atom is 0.269 e. The molecule has 25 heavy (non-hydrogen) atoms. The van der Waals surface area contributed by atoms with Crippen LogP contribution in [0.4, 0.5) is 5.00 Å². The summed E-state index contributed by atoms with van der Waals surface area (Å²) in [5, 5.41) is 3.34. The van der Waals surface area contributed by atoms with Crippen molar-refractivity contribution in [2.45, 2.75) is 31.8 Å². The van der Waals surface area contributed by atoms with Gasteiger partial charge in [0.2, 0.25) is 6.10 Å². The third kappa shape index (κ3) is 2.95. The van der Waals surface area contributed by atoms with Gasteiger partial charge in [0.25, 0.3) is 11.8 Å². The van der Waals surface area contributed by atoms with Gasteiger partial charge in [0, 0.05) is 4.88 Å². The van der Waals surface area contributed by atoms with Gasteiger partial charge >= 0.3 is 0 Å². The van der Waals surface area contributed by atoms with Crippen molar-refractivity contribution in [2.24, 2.45) is 5.73 Å². The minimum atomic E-state index is -0.769. The van der Waals surface area contributed by atoms with Gasteiger partial charge in [-0.25, -0.2) is 0 Å². The van der Waals surface area contributed by atoms with Gasteiger partial charge < -0.3 is 20.5 Å². The standard InChI is InChI=1S/C18H18N2O4S/c19-16(21)15-10-5-1-4-8-14(10)25-18(15)20-17(22)13-9-23-11-6-2-3-7-12(11)24-13/h2-3,6-7,13H,1,4-5,8-9H2,(H2,19,21)(H,20,22)/t13-/m0/s1. The van der Waals surface area contributed by atoms with E-state index in [-0.39, 0.29) is 12.5 Å². The van der Waals surface area contributed by atoms with Crippen molar-refractivity contribution in [1.82, 2.24) is 0 Å². The second-order valence-corrected chi connectivity index (χ2v) is 7.24. The van der Waals surface area contributed by atoms with Crippen molar-refractivity contribution in [3.05, 3.63) is 40.3 Å². The molecule has 1 aliphatic carbocycles. The van der Waals surface area contributed by atoms with Crippen LogP contribution in [0.15, 0.2) is 24.3 Å². The number of fused-ring (bicyclic) bond motifs is 2. The predicted molar refractivity (Wildman–Crippen MR) is 94.5 cm³/mol. The number of carbonyl (C=O) groups is 2. The number of nitrogens with one attached hydrogen (secondary N) is 1. The largest absolute Gasteiger partial charge is 0.485 e. The van der Waals surface area contributed by atoms with E-state index in [4.69, 9.17) is 15.2 Å². The first-order chi connectivity index (χ1) is 12.1. The summed E-state index contributed by atoms with van der Waals surface area (Å²) in [6.45, 7) is 0.125. The first-order valence-corrected chi connectivity index (χ1v) is 9.09. The van der Waals surface area contributed by atoms with Gasteiger partial charge in [0.15, 0.2) is 11.5 Å². The zero-order chi connectivity index (χ0) is 17.4. The Bertz CT molecular complexity index is 846. The van der Waals surface area contributed by atoms with Crippen molar-refractivity contribution < 1.29 is 19.1 Å². The topological polar surface area (TPSA) is 90.7 Å². The Morgan fingerprint density at radius 3 is 2.72 bits per heavy atom. The van der Waals surface area contributed by atoms with E-state index in [1.54, 1.807) is 12.1 Å². The molecule has 4 rings (SSSR count). The van der Waals surface area contributed by atoms with Crippen molar-refractivity contribution >= 4 is 28.2 Å². The molecule has 1 atom stereocenters. The Hall–Kier alpha value is -2.54. The van der Waals surface area contributed by atoms with Crippen LogP contribution in [-0.4, -0.2) is 24.5 Å². The van der Waals surface area contributed by atoms with Crippen LogP contribution in [0.3, 0.4) is 0 Å². The third-order valence-electron chi connectivity index (χ3n) is 4.46. The highest BCUT2D eigenvalue weighted by molar-refractivity contribution is 7.17. The van der Waals surface area contributed by atoms with E-state index >= 15 is 0 Å². The fourth-order valence-corrected chi connectivity index (χ4v) is 4.55. The molecular weight excluding hydrogens is 340 g/mol. The Kier molecular flexibility index (Phi) is 4.09. The van der Waals surface area contributed by atoms with Crippen molar-refractivity contribution in [1.29, 1.82) is 0 Å². The molecule has 1 aliphatic heterocycles. The number of amides is 2. The average molecular weight is 358 g/mol. The number of hydrogen-bond donors (Lipinski definition) is 2. The number of nitrogens with two attached hydrogens (primary N) is 1. The number of thiophene rings is 1. The fraction of sp³-hybridized carbons (Fsp3) is 0.333. The molecule has 0 radical (unpaired) electrons. The lowest BCUT2D eigenvalue weighted by Gasteiger charge is -2.25. The first-order valence-electron chi connectivity index (χ1n) is 8.27. The van der Waals surface area contributed by atoms with Crippen LogP contribution >= 0.6 is 11.3 Å². The summed E-state index contributed by atoms with van der Waals surface area (Å²) in [5.41, 5.74) is 7.00. The Morgan fingerprint density at radius 1 is 1.16 bits per heavy atom. The Balaban J connectivity index is 1.56. The second-order valence-electron chi connectivity index (χ2n) is 6.13. The predicted octanol–water partition coefficient (Wildman–Crippen LogP) is 2.50. The Morgan fingerprint density at radius 2 is 1.92 bits per heavy atom. The molecule has 2 heterocycles. The molecule has 1 aromatic heterocycles. The molecule has 0 unspecified atom stereocenters. The SMILES string of the molecule is NC(=O)c1c(NC(=O)[C@@H]2COc3ccccc3O2)sc2c1CCCC2. The minimum absolute atomic E-state index is 0.125. The lowest BCUT2D eigenvalue weighted by molar-refractivity contribution is -0.125. The normalized spacial score (nSPS) is 18.3. The van der Waals surface area contributed by atoms with Crippen molar-refractivity contribution in [2.75, 3.05) is 11.9 Å². The van der Waals surface area contributed by atoms with Crippen LogP contribution in [0.5, 0.6) is 11.5 Å². The van der Waals surface area contributed by atoms with Crippen molar-refractivity contribution in [3.63, 3.8) is 0 Å². The summed E-state index contributed by atoms with van der Waals surface area (Å²) in [4.78, 5) is 25.6. The van der Waals surface area contributed by atoms with Gasteiger partial charge in [-0.3, -0.25) is 9.59 Å². The van der Waals surface area contributed by atoms with E-state index < -0.39 is 12.0 Å². The molecule has 0 saturated heterocycles. The van der Waals surface area contributed by atoms with E-state index in [9.17, 15) is 9.59 Å². The number of ether oxygens (including phenoxy) is 2. The maximum atomic E-state index is 12.6. The summed E-state index contributed by atoms with van der Waals surface area (Å²) in [7, 11) is 0. The number of benzene rings is 1. The summed E-state index contributed by atoms with van der Waals surface area (Å²) in [6.07, 6.45) is 3.11. The van der Waals surface area contributed by atoms with Gasteiger partial charge in [-0.05, 0) is 43.4 Å². The first kappa shape index (κ1) is 16.0. The third-order valence-corrected chi connectivity index (χ3v) is 5.66. The molecule has 0 saturated carbocycles. The summed E-state index contributed by atoms with van der Waals surface area (Å²) < 4.78 is 11.3. The maximum absolute atomic E-state index is 12.6. The van der Waals surface area contributed by atoms with Gasteiger partial charge in [-0.1, -0.05) is 12.1 Å². The van der Waals surface area contributed by atoms with E-state index in [1.165, 1.54) is 11.3 Å². The van der Waals surface area contributed by atoms with Crippen LogP contribution in [0, 0.1) is 0 Å². The van der Waals surface area contributed by atoms with Gasteiger partial charge in [-0.15, -0.1) is 11.3 Å². The minimum Gasteiger partial charge on any atom is -0.485 e. The molecule has 2 aromatic rings. The molecular formula is C18H18N2O4S. The number of hydrogen-bond acceptors (Lipinski definition) is 5. The van der Waals surface area contributed by atoms with Crippen LogP contribution in [0.25, 0.3) is 0 Å². The van der Waals surface area contributed by atoms with Crippen LogP contribution < -0.4 is 20.5 Å². The van der Waals surface area contributed by atoms with E-state index in [0.29, 0.717) is 22.1 Å². The van der Waals surface area contributed by atoms with Gasteiger partial charge in [0.05, 0.1) is 5.56 Å². The van der Waals surface area contributed by atoms with Crippen LogP contribution in [-0.2, 0) is 17.6 Å². The Labute approximate surface area is 148 Å². The number of para-hydroxylation sites is 2. The number of carbonyl (C=O) groups excluding carboxylic acids is 2. The van der Waals surface area contributed by atoms with Gasteiger partial charge in [-0.2, -0.15) is 0 Å².